The van der Waals surface area contributed by atoms with Crippen LogP contribution < -0.4 is 5.32 Å². The van der Waals surface area contributed by atoms with Gasteiger partial charge >= 0.3 is 0 Å². The molecule has 2 aromatic carbocycles. The first-order chi connectivity index (χ1) is 16.3. The van der Waals surface area contributed by atoms with E-state index in [-0.39, 0.29) is 17.6 Å². The highest BCUT2D eigenvalue weighted by Gasteiger charge is 2.13. The second-order valence-electron chi connectivity index (χ2n) is 8.20. The molecular weight excluding hydrogens is 429 g/mol. The quantitative estimate of drug-likeness (QED) is 0.412. The minimum Gasteiger partial charge on any atom is -0.379 e. The van der Waals surface area contributed by atoms with Gasteiger partial charge in [0.05, 0.1) is 18.9 Å². The SMILES string of the molecule is CC.CC(=O)c1c(C)cccc1N=C(C)C(C)NCCN1CCOCC1.Cc1ccc(F)cc1. The van der Waals surface area contributed by atoms with Crippen LogP contribution in [0.5, 0.6) is 0 Å². The lowest BCUT2D eigenvalue weighted by Crippen LogP contribution is -2.43. The van der Waals surface area contributed by atoms with Crippen molar-refractivity contribution in [2.75, 3.05) is 39.4 Å². The lowest BCUT2D eigenvalue weighted by molar-refractivity contribution is 0.0383. The molecule has 2 aromatic rings. The van der Waals surface area contributed by atoms with E-state index in [0.717, 1.165) is 67.5 Å². The number of hydrogen-bond acceptors (Lipinski definition) is 5. The summed E-state index contributed by atoms with van der Waals surface area (Å²) in [6, 6.07) is 12.4. The fourth-order valence-electron chi connectivity index (χ4n) is 3.44. The van der Waals surface area contributed by atoms with Crippen LogP contribution in [0, 0.1) is 19.7 Å². The molecule has 0 aliphatic carbocycles. The number of ketones is 1. The summed E-state index contributed by atoms with van der Waals surface area (Å²) in [5, 5.41) is 3.52. The smallest absolute Gasteiger partial charge is 0.162 e. The average Bonchev–Trinajstić information content (AvgIpc) is 2.83. The predicted octanol–water partition coefficient (Wildman–Crippen LogP) is 5.76. The third-order valence-electron chi connectivity index (χ3n) is 5.52. The molecule has 3 rings (SSSR count). The Morgan fingerprint density at radius 3 is 2.26 bits per heavy atom. The summed E-state index contributed by atoms with van der Waals surface area (Å²) in [5.74, 6) is -0.108. The summed E-state index contributed by atoms with van der Waals surface area (Å²) in [6.45, 7) is 19.2. The van der Waals surface area contributed by atoms with E-state index in [1.165, 1.54) is 12.1 Å². The van der Waals surface area contributed by atoms with Crippen molar-refractivity contribution in [3.63, 3.8) is 0 Å². The van der Waals surface area contributed by atoms with Crippen molar-refractivity contribution < 1.29 is 13.9 Å². The summed E-state index contributed by atoms with van der Waals surface area (Å²) in [7, 11) is 0. The van der Waals surface area contributed by atoms with E-state index in [4.69, 9.17) is 9.73 Å². The Hall–Kier alpha value is -2.41. The first-order valence-corrected chi connectivity index (χ1v) is 12.2. The molecule has 1 aliphatic heterocycles. The highest BCUT2D eigenvalue weighted by molar-refractivity contribution is 6.02. The first-order valence-electron chi connectivity index (χ1n) is 12.2. The Morgan fingerprint density at radius 1 is 1.09 bits per heavy atom. The molecule has 1 fully saturated rings. The molecule has 0 aromatic heterocycles. The van der Waals surface area contributed by atoms with Gasteiger partial charge in [-0.1, -0.05) is 43.7 Å². The molecular formula is C28H42FN3O2. The zero-order chi connectivity index (χ0) is 25.5. The van der Waals surface area contributed by atoms with Crippen LogP contribution in [0.2, 0.25) is 0 Å². The Morgan fingerprint density at radius 2 is 1.71 bits per heavy atom. The van der Waals surface area contributed by atoms with Gasteiger partial charge in [0.2, 0.25) is 0 Å². The molecule has 1 aliphatic rings. The minimum absolute atomic E-state index is 0.0626. The molecule has 0 bridgehead atoms. The molecule has 5 nitrogen and oxygen atoms in total. The molecule has 0 saturated carbocycles. The zero-order valence-corrected chi connectivity index (χ0v) is 22.0. The van der Waals surface area contributed by atoms with Gasteiger partial charge in [0.15, 0.2) is 5.78 Å². The van der Waals surface area contributed by atoms with Gasteiger partial charge in [-0.2, -0.15) is 0 Å². The van der Waals surface area contributed by atoms with Gasteiger partial charge in [-0.3, -0.25) is 14.7 Å². The number of Topliss-reactive ketones (excluding diaryl/α,β-unsaturated/α-hetero) is 1. The van der Waals surface area contributed by atoms with Crippen LogP contribution in [0.4, 0.5) is 10.1 Å². The third-order valence-corrected chi connectivity index (χ3v) is 5.52. The number of ether oxygens (including phenoxy) is 1. The Balaban J connectivity index is 0.000000483. The summed E-state index contributed by atoms with van der Waals surface area (Å²) < 4.78 is 17.4. The molecule has 1 unspecified atom stereocenters. The number of nitrogens with one attached hydrogen (secondary N) is 1. The van der Waals surface area contributed by atoms with E-state index in [0.29, 0.717) is 0 Å². The zero-order valence-electron chi connectivity index (χ0n) is 22.0. The largest absolute Gasteiger partial charge is 0.379 e. The Kier molecular flexibility index (Phi) is 14.2. The fraction of sp³-hybridized carbons (Fsp3) is 0.500. The van der Waals surface area contributed by atoms with Crippen LogP contribution in [-0.4, -0.2) is 61.8 Å². The maximum Gasteiger partial charge on any atom is 0.162 e. The summed E-state index contributed by atoms with van der Waals surface area (Å²) in [6.07, 6.45) is 0. The molecule has 34 heavy (non-hydrogen) atoms. The lowest BCUT2D eigenvalue weighted by Gasteiger charge is -2.27. The van der Waals surface area contributed by atoms with E-state index < -0.39 is 0 Å². The Labute approximate surface area is 205 Å². The van der Waals surface area contributed by atoms with Crippen LogP contribution in [0.1, 0.15) is 56.1 Å². The van der Waals surface area contributed by atoms with Crippen molar-refractivity contribution in [3.8, 4) is 0 Å². The maximum atomic E-state index is 12.1. The van der Waals surface area contributed by atoms with Gasteiger partial charge in [0.1, 0.15) is 5.82 Å². The molecule has 1 atom stereocenters. The van der Waals surface area contributed by atoms with Crippen molar-refractivity contribution in [3.05, 3.63) is 65.0 Å². The number of morpholine rings is 1. The third kappa shape index (κ3) is 10.7. The number of halogens is 1. The average molecular weight is 472 g/mol. The van der Waals surface area contributed by atoms with Crippen molar-refractivity contribution >= 4 is 17.2 Å². The Bertz CT molecular complexity index is 870. The van der Waals surface area contributed by atoms with E-state index in [1.807, 2.05) is 52.8 Å². The van der Waals surface area contributed by atoms with Crippen LogP contribution in [-0.2, 0) is 4.74 Å². The van der Waals surface area contributed by atoms with Gasteiger partial charge in [0, 0.05) is 43.5 Å². The molecule has 0 amide bonds. The maximum absolute atomic E-state index is 12.1. The minimum atomic E-state index is -0.171. The number of hydrogen-bond donors (Lipinski definition) is 1. The van der Waals surface area contributed by atoms with Gasteiger partial charge in [-0.25, -0.2) is 4.39 Å². The molecule has 1 saturated heterocycles. The standard InChI is InChI=1S/C19H29N3O2.C7H7F.C2H6/c1-14-6-5-7-18(19(14)17(4)23)21-16(3)15(2)20-8-9-22-10-12-24-13-11-22;1-6-2-4-7(8)5-3-6;1-2/h5-7,15,20H,8-13H2,1-4H3;2-5H,1H3;1-2H3. The lowest BCUT2D eigenvalue weighted by atomic mass is 10.0. The van der Waals surface area contributed by atoms with Crippen LogP contribution in [0.15, 0.2) is 47.5 Å². The number of carbonyl (C=O) groups is 1. The van der Waals surface area contributed by atoms with Crippen LogP contribution in [0.25, 0.3) is 0 Å². The van der Waals surface area contributed by atoms with E-state index in [9.17, 15) is 9.18 Å². The molecule has 0 radical (unpaired) electrons. The van der Waals surface area contributed by atoms with Gasteiger partial charge in [-0.05, 0) is 58.4 Å². The van der Waals surface area contributed by atoms with Crippen molar-refractivity contribution in [1.29, 1.82) is 0 Å². The van der Waals surface area contributed by atoms with Gasteiger partial charge < -0.3 is 10.1 Å². The molecule has 1 heterocycles. The van der Waals surface area contributed by atoms with E-state index in [2.05, 4.69) is 17.1 Å². The second-order valence-corrected chi connectivity index (χ2v) is 8.20. The number of aryl methyl sites for hydroxylation is 2. The number of carbonyl (C=O) groups excluding carboxylic acids is 1. The molecule has 0 spiro atoms. The number of rotatable bonds is 7. The number of aliphatic imine (C=N–C) groups is 1. The summed E-state index contributed by atoms with van der Waals surface area (Å²) >= 11 is 0. The number of nitrogens with zero attached hydrogens (tertiary/aromatic N) is 2. The van der Waals surface area contributed by atoms with Crippen molar-refractivity contribution in [2.45, 2.75) is 54.5 Å². The fourth-order valence-corrected chi connectivity index (χ4v) is 3.44. The van der Waals surface area contributed by atoms with Gasteiger partial charge in [0.25, 0.3) is 0 Å². The van der Waals surface area contributed by atoms with Crippen LogP contribution in [0.3, 0.4) is 0 Å². The topological polar surface area (TPSA) is 53.9 Å². The number of benzene rings is 2. The molecule has 6 heteroatoms. The van der Waals surface area contributed by atoms with Crippen molar-refractivity contribution in [1.82, 2.24) is 10.2 Å². The van der Waals surface area contributed by atoms with Crippen LogP contribution >= 0.6 is 0 Å². The van der Waals surface area contributed by atoms with Crippen molar-refractivity contribution in [2.24, 2.45) is 4.99 Å². The van der Waals surface area contributed by atoms with Gasteiger partial charge in [-0.15, -0.1) is 0 Å². The first kappa shape index (κ1) is 29.6. The summed E-state index contributed by atoms with van der Waals surface area (Å²) in [4.78, 5) is 19.0. The van der Waals surface area contributed by atoms with E-state index >= 15 is 0 Å². The predicted molar refractivity (Wildman–Crippen MR) is 141 cm³/mol. The monoisotopic (exact) mass is 471 g/mol. The van der Waals surface area contributed by atoms with E-state index in [1.54, 1.807) is 19.1 Å². The second kappa shape index (κ2) is 16.3. The highest BCUT2D eigenvalue weighted by Crippen LogP contribution is 2.23. The molecule has 188 valence electrons. The highest BCUT2D eigenvalue weighted by atomic mass is 19.1. The normalized spacial score (nSPS) is 14.9. The molecule has 1 N–H and O–H groups in total. The summed E-state index contributed by atoms with van der Waals surface area (Å²) in [5.41, 5.74) is 4.54.